The van der Waals surface area contributed by atoms with E-state index in [9.17, 15) is 13.5 Å². The van der Waals surface area contributed by atoms with Gasteiger partial charge in [0, 0.05) is 18.8 Å². The molecule has 110 valence electrons. The Morgan fingerprint density at radius 1 is 1.53 bits per heavy atom. The zero-order valence-electron chi connectivity index (χ0n) is 11.2. The Morgan fingerprint density at radius 3 is 2.84 bits per heavy atom. The average molecular weight is 291 g/mol. The molecule has 1 aromatic rings. The highest BCUT2D eigenvalue weighted by molar-refractivity contribution is 7.90. The van der Waals surface area contributed by atoms with Gasteiger partial charge in [-0.2, -0.15) is 0 Å². The molecule has 0 aliphatic heterocycles. The second-order valence-electron chi connectivity index (χ2n) is 4.65. The molecule has 1 heterocycles. The molecule has 2 N–H and O–H groups in total. The predicted octanol–water partition coefficient (Wildman–Crippen LogP) is 0.180. The van der Waals surface area contributed by atoms with Crippen LogP contribution in [0.15, 0.2) is 22.8 Å². The first-order valence-electron chi connectivity index (χ1n) is 6.06. The first-order valence-corrected chi connectivity index (χ1v) is 8.12. The summed E-state index contributed by atoms with van der Waals surface area (Å²) in [6.07, 6.45) is 2.06. The lowest BCUT2D eigenvalue weighted by atomic mass is 10.3. The van der Waals surface area contributed by atoms with Gasteiger partial charge in [0.2, 0.25) is 0 Å². The van der Waals surface area contributed by atoms with Crippen LogP contribution in [0.5, 0.6) is 0 Å². The monoisotopic (exact) mass is 291 g/mol. The molecule has 7 heteroatoms. The molecule has 0 fully saturated rings. The zero-order chi connectivity index (χ0) is 14.3. The lowest BCUT2D eigenvalue weighted by Crippen LogP contribution is -2.39. The largest absolute Gasteiger partial charge is 0.467 e. The van der Waals surface area contributed by atoms with Crippen LogP contribution in [0.3, 0.4) is 0 Å². The second kappa shape index (κ2) is 7.64. The van der Waals surface area contributed by atoms with E-state index >= 15 is 0 Å². The van der Waals surface area contributed by atoms with Crippen molar-refractivity contribution >= 4 is 9.84 Å². The van der Waals surface area contributed by atoms with E-state index in [1.165, 1.54) is 6.26 Å². The van der Waals surface area contributed by atoms with Crippen LogP contribution in [0.2, 0.25) is 0 Å². The number of rotatable bonds is 9. The lowest BCUT2D eigenvalue weighted by molar-refractivity contribution is 0.0220. The molecule has 0 aliphatic carbocycles. The fraction of sp³-hybridized carbons (Fsp3) is 0.667. The van der Waals surface area contributed by atoms with Crippen LogP contribution in [0.25, 0.3) is 0 Å². The number of nitrogens with one attached hydrogen (secondary N) is 1. The van der Waals surface area contributed by atoms with Crippen molar-refractivity contribution in [3.63, 3.8) is 0 Å². The molecule has 0 saturated heterocycles. The Bertz CT molecular complexity index is 443. The summed E-state index contributed by atoms with van der Waals surface area (Å²) in [6.45, 7) is 2.52. The van der Waals surface area contributed by atoms with Crippen molar-refractivity contribution in [3.8, 4) is 0 Å². The molecule has 1 aromatic heterocycles. The molecule has 2 atom stereocenters. The van der Waals surface area contributed by atoms with Crippen molar-refractivity contribution in [2.24, 2.45) is 0 Å². The number of ether oxygens (including phenoxy) is 1. The van der Waals surface area contributed by atoms with Crippen molar-refractivity contribution in [3.05, 3.63) is 24.2 Å². The second-order valence-corrected chi connectivity index (χ2v) is 6.83. The predicted molar refractivity (Wildman–Crippen MR) is 71.5 cm³/mol. The lowest BCUT2D eigenvalue weighted by Gasteiger charge is -2.16. The van der Waals surface area contributed by atoms with Gasteiger partial charge in [0.1, 0.15) is 22.2 Å². The SMILES string of the molecule is CC(CS(C)(=O)=O)NCC(O)COCc1ccco1. The van der Waals surface area contributed by atoms with Gasteiger partial charge >= 0.3 is 0 Å². The standard InChI is InChI=1S/C12H21NO5S/c1-10(9-19(2,15)16)13-6-11(14)7-17-8-12-4-3-5-18-12/h3-5,10-11,13-14H,6-9H2,1-2H3. The third kappa shape index (κ3) is 7.99. The van der Waals surface area contributed by atoms with E-state index in [4.69, 9.17) is 9.15 Å². The quantitative estimate of drug-likeness (QED) is 0.675. The number of aliphatic hydroxyl groups excluding tert-OH is 1. The summed E-state index contributed by atoms with van der Waals surface area (Å²) in [5.41, 5.74) is 0. The van der Waals surface area contributed by atoms with Gasteiger partial charge in [-0.1, -0.05) is 0 Å². The summed E-state index contributed by atoms with van der Waals surface area (Å²) < 4.78 is 32.5. The zero-order valence-corrected chi connectivity index (χ0v) is 12.0. The molecule has 0 aromatic carbocycles. The average Bonchev–Trinajstić information content (AvgIpc) is 2.77. The van der Waals surface area contributed by atoms with Crippen LogP contribution in [-0.4, -0.2) is 50.8 Å². The summed E-state index contributed by atoms with van der Waals surface area (Å²) in [5, 5.41) is 12.6. The minimum absolute atomic E-state index is 0.0486. The molecule has 0 aliphatic rings. The molecule has 0 spiro atoms. The molecular formula is C12H21NO5S. The van der Waals surface area contributed by atoms with Crippen LogP contribution < -0.4 is 5.32 Å². The Kier molecular flexibility index (Phi) is 6.50. The van der Waals surface area contributed by atoms with Crippen LogP contribution >= 0.6 is 0 Å². The van der Waals surface area contributed by atoms with E-state index in [-0.39, 0.29) is 24.9 Å². The third-order valence-electron chi connectivity index (χ3n) is 2.39. The van der Waals surface area contributed by atoms with Gasteiger partial charge in [-0.3, -0.25) is 0 Å². The van der Waals surface area contributed by atoms with E-state index < -0.39 is 15.9 Å². The summed E-state index contributed by atoms with van der Waals surface area (Å²) in [4.78, 5) is 0. The minimum Gasteiger partial charge on any atom is -0.467 e. The first kappa shape index (κ1) is 16.2. The maximum Gasteiger partial charge on any atom is 0.148 e. The van der Waals surface area contributed by atoms with Gasteiger partial charge in [-0.15, -0.1) is 0 Å². The minimum atomic E-state index is -3.01. The van der Waals surface area contributed by atoms with Crippen molar-refractivity contribution < 1.29 is 22.7 Å². The highest BCUT2D eigenvalue weighted by Crippen LogP contribution is 2.02. The maximum absolute atomic E-state index is 11.1. The summed E-state index contributed by atoms with van der Waals surface area (Å²) in [5.74, 6) is 0.748. The van der Waals surface area contributed by atoms with E-state index in [1.807, 2.05) is 0 Å². The van der Waals surface area contributed by atoms with Crippen LogP contribution in [0.1, 0.15) is 12.7 Å². The number of hydrogen-bond donors (Lipinski definition) is 2. The Balaban J connectivity index is 2.12. The number of sulfone groups is 1. The normalized spacial score (nSPS) is 15.3. The molecule has 0 saturated carbocycles. The number of aliphatic hydroxyl groups is 1. The molecule has 2 unspecified atom stereocenters. The molecule has 19 heavy (non-hydrogen) atoms. The molecule has 0 amide bonds. The van der Waals surface area contributed by atoms with Gasteiger partial charge in [0.05, 0.1) is 24.7 Å². The fourth-order valence-electron chi connectivity index (χ4n) is 1.60. The van der Waals surface area contributed by atoms with E-state index in [0.29, 0.717) is 12.4 Å². The maximum atomic E-state index is 11.1. The smallest absolute Gasteiger partial charge is 0.148 e. The molecule has 0 bridgehead atoms. The molecule has 0 radical (unpaired) electrons. The molecule has 1 rings (SSSR count). The number of furan rings is 1. The molecular weight excluding hydrogens is 270 g/mol. The fourth-order valence-corrected chi connectivity index (χ4v) is 2.63. The summed E-state index contributed by atoms with van der Waals surface area (Å²) in [6, 6.07) is 3.36. The summed E-state index contributed by atoms with van der Waals surface area (Å²) >= 11 is 0. The first-order chi connectivity index (χ1) is 8.87. The Hall–Kier alpha value is -0.890. The van der Waals surface area contributed by atoms with Crippen molar-refractivity contribution in [1.29, 1.82) is 0 Å². The number of hydrogen-bond acceptors (Lipinski definition) is 6. The van der Waals surface area contributed by atoms with Crippen molar-refractivity contribution in [1.82, 2.24) is 5.32 Å². The Labute approximate surface area is 113 Å². The van der Waals surface area contributed by atoms with Crippen LogP contribution in [0.4, 0.5) is 0 Å². The van der Waals surface area contributed by atoms with Crippen molar-refractivity contribution in [2.75, 3.05) is 25.2 Å². The van der Waals surface area contributed by atoms with Gasteiger partial charge in [0.25, 0.3) is 0 Å². The summed E-state index contributed by atoms with van der Waals surface area (Å²) in [7, 11) is -3.01. The van der Waals surface area contributed by atoms with E-state index in [2.05, 4.69) is 5.32 Å². The van der Waals surface area contributed by atoms with Crippen molar-refractivity contribution in [2.45, 2.75) is 25.7 Å². The van der Waals surface area contributed by atoms with E-state index in [0.717, 1.165) is 0 Å². The highest BCUT2D eigenvalue weighted by Gasteiger charge is 2.12. The topological polar surface area (TPSA) is 88.8 Å². The van der Waals surface area contributed by atoms with Crippen LogP contribution in [-0.2, 0) is 21.2 Å². The van der Waals surface area contributed by atoms with Gasteiger partial charge in [-0.25, -0.2) is 8.42 Å². The Morgan fingerprint density at radius 2 is 2.26 bits per heavy atom. The van der Waals surface area contributed by atoms with E-state index in [1.54, 1.807) is 25.3 Å². The highest BCUT2D eigenvalue weighted by atomic mass is 32.2. The van der Waals surface area contributed by atoms with Crippen LogP contribution in [0, 0.1) is 0 Å². The molecule has 6 nitrogen and oxygen atoms in total. The van der Waals surface area contributed by atoms with Gasteiger partial charge in [0.15, 0.2) is 0 Å². The van der Waals surface area contributed by atoms with Gasteiger partial charge in [-0.05, 0) is 19.1 Å². The van der Waals surface area contributed by atoms with Gasteiger partial charge < -0.3 is 19.6 Å². The third-order valence-corrected chi connectivity index (χ3v) is 3.49.